The highest BCUT2D eigenvalue weighted by Crippen LogP contribution is 2.44. The first kappa shape index (κ1) is 18.0. The van der Waals surface area contributed by atoms with Crippen LogP contribution in [0.5, 0.6) is 0 Å². The van der Waals surface area contributed by atoms with E-state index in [1.807, 2.05) is 12.1 Å². The summed E-state index contributed by atoms with van der Waals surface area (Å²) in [5.41, 5.74) is -1.18. The highest BCUT2D eigenvalue weighted by molar-refractivity contribution is 5.37. The van der Waals surface area contributed by atoms with Crippen LogP contribution in [0.2, 0.25) is 0 Å². The summed E-state index contributed by atoms with van der Waals surface area (Å²) in [4.78, 5) is 0. The van der Waals surface area contributed by atoms with Crippen molar-refractivity contribution < 1.29 is 13.2 Å². The monoisotopic (exact) mass is 382 g/mol. The second-order valence-corrected chi connectivity index (χ2v) is 6.58. The highest BCUT2D eigenvalue weighted by atomic mass is 19.4. The van der Waals surface area contributed by atoms with Crippen LogP contribution in [0, 0.1) is 0 Å². The van der Waals surface area contributed by atoms with E-state index >= 15 is 0 Å². The molecule has 0 aliphatic heterocycles. The summed E-state index contributed by atoms with van der Waals surface area (Å²) >= 11 is 0. The van der Waals surface area contributed by atoms with Gasteiger partial charge in [0.15, 0.2) is 5.41 Å². The summed E-state index contributed by atoms with van der Waals surface area (Å²) in [6, 6.07) is 20.8. The molecular formula is C21H17F3N4. The summed E-state index contributed by atoms with van der Waals surface area (Å²) in [5, 5.41) is 8.45. The Hall–Kier alpha value is -3.35. The number of alkyl halides is 3. The number of rotatable bonds is 4. The Labute approximate surface area is 159 Å². The van der Waals surface area contributed by atoms with E-state index in [0.717, 1.165) is 6.92 Å². The third kappa shape index (κ3) is 2.98. The van der Waals surface area contributed by atoms with E-state index < -0.39 is 11.6 Å². The number of nitrogens with zero attached hydrogens (tertiary/aromatic N) is 4. The maximum Gasteiger partial charge on any atom is 0.405 e. The minimum absolute atomic E-state index is 0.109. The van der Waals surface area contributed by atoms with Crippen molar-refractivity contribution in [3.63, 3.8) is 0 Å². The number of benzene rings is 2. The van der Waals surface area contributed by atoms with Gasteiger partial charge in [-0.3, -0.25) is 0 Å². The fourth-order valence-electron chi connectivity index (χ4n) is 3.05. The van der Waals surface area contributed by atoms with Gasteiger partial charge < -0.3 is 0 Å². The van der Waals surface area contributed by atoms with Crippen LogP contribution in [0.1, 0.15) is 18.3 Å². The third-order valence-electron chi connectivity index (χ3n) is 4.81. The molecule has 2 aromatic heterocycles. The maximum absolute atomic E-state index is 14.2. The molecule has 4 rings (SSSR count). The van der Waals surface area contributed by atoms with Crippen LogP contribution in [-0.4, -0.2) is 25.7 Å². The van der Waals surface area contributed by atoms with Gasteiger partial charge in [-0.1, -0.05) is 36.4 Å². The molecule has 0 N–H and O–H groups in total. The van der Waals surface area contributed by atoms with Crippen LogP contribution in [0.3, 0.4) is 0 Å². The largest absolute Gasteiger partial charge is 0.405 e. The van der Waals surface area contributed by atoms with Crippen LogP contribution in [0.4, 0.5) is 13.2 Å². The summed E-state index contributed by atoms with van der Waals surface area (Å²) in [6.45, 7) is 1.11. The van der Waals surface area contributed by atoms with Crippen LogP contribution in [0.15, 0.2) is 85.2 Å². The van der Waals surface area contributed by atoms with E-state index in [4.69, 9.17) is 0 Å². The first-order chi connectivity index (χ1) is 13.4. The Kier molecular flexibility index (Phi) is 4.30. The van der Waals surface area contributed by atoms with Gasteiger partial charge in [0.25, 0.3) is 0 Å². The van der Waals surface area contributed by atoms with Gasteiger partial charge >= 0.3 is 6.18 Å². The molecule has 0 bridgehead atoms. The molecule has 4 nitrogen and oxygen atoms in total. The van der Waals surface area contributed by atoms with Gasteiger partial charge in [-0.2, -0.15) is 23.4 Å². The van der Waals surface area contributed by atoms with Gasteiger partial charge in [0.1, 0.15) is 0 Å². The number of hydrogen-bond donors (Lipinski definition) is 0. The summed E-state index contributed by atoms with van der Waals surface area (Å²) in [7, 11) is 0. The molecule has 0 amide bonds. The fraction of sp³-hybridized carbons (Fsp3) is 0.143. The van der Waals surface area contributed by atoms with E-state index in [-0.39, 0.29) is 11.4 Å². The molecule has 0 aliphatic carbocycles. The molecular weight excluding hydrogens is 365 g/mol. The molecule has 0 saturated heterocycles. The summed E-state index contributed by atoms with van der Waals surface area (Å²) < 4.78 is 45.5. The first-order valence-corrected chi connectivity index (χ1v) is 8.69. The zero-order chi connectivity index (χ0) is 19.8. The second-order valence-electron chi connectivity index (χ2n) is 6.58. The molecule has 0 radical (unpaired) electrons. The van der Waals surface area contributed by atoms with Gasteiger partial charge in [-0.15, -0.1) is 0 Å². The average molecular weight is 382 g/mol. The SMILES string of the molecule is CC(c1ccn(-c2ccccc2)n1)(c1ccn(-c2ccccc2)n1)C(F)(F)F. The minimum Gasteiger partial charge on any atom is -0.241 e. The maximum atomic E-state index is 14.2. The Morgan fingerprint density at radius 2 is 1.04 bits per heavy atom. The summed E-state index contributed by atoms with van der Waals surface area (Å²) in [5.74, 6) is 0. The van der Waals surface area contributed by atoms with Crippen LogP contribution in [-0.2, 0) is 5.41 Å². The van der Waals surface area contributed by atoms with Crippen molar-refractivity contribution in [3.8, 4) is 11.4 Å². The molecule has 28 heavy (non-hydrogen) atoms. The molecule has 0 saturated carbocycles. The van der Waals surface area contributed by atoms with Gasteiger partial charge in [0, 0.05) is 12.4 Å². The Balaban J connectivity index is 1.79. The molecule has 0 aliphatic rings. The van der Waals surface area contributed by atoms with Crippen molar-refractivity contribution in [3.05, 3.63) is 96.6 Å². The quantitative estimate of drug-likeness (QED) is 0.502. The minimum atomic E-state index is -4.57. The van der Waals surface area contributed by atoms with Crippen molar-refractivity contribution in [2.24, 2.45) is 0 Å². The molecule has 142 valence electrons. The zero-order valence-corrected chi connectivity index (χ0v) is 15.0. The van der Waals surface area contributed by atoms with Gasteiger partial charge in [-0.05, 0) is 43.3 Å². The molecule has 0 fully saturated rings. The lowest BCUT2D eigenvalue weighted by molar-refractivity contribution is -0.175. The van der Waals surface area contributed by atoms with E-state index in [1.165, 1.54) is 33.9 Å². The molecule has 2 heterocycles. The Morgan fingerprint density at radius 1 is 0.643 bits per heavy atom. The van der Waals surface area contributed by atoms with Crippen LogP contribution in [0.25, 0.3) is 11.4 Å². The van der Waals surface area contributed by atoms with E-state index in [0.29, 0.717) is 11.4 Å². The van der Waals surface area contributed by atoms with Crippen molar-refractivity contribution >= 4 is 0 Å². The smallest absolute Gasteiger partial charge is 0.241 e. The molecule has 4 aromatic rings. The Bertz CT molecular complexity index is 988. The molecule has 0 spiro atoms. The highest BCUT2D eigenvalue weighted by Gasteiger charge is 2.56. The lowest BCUT2D eigenvalue weighted by Gasteiger charge is -2.28. The van der Waals surface area contributed by atoms with Crippen molar-refractivity contribution in [1.29, 1.82) is 0 Å². The topological polar surface area (TPSA) is 35.6 Å². The molecule has 0 atom stereocenters. The number of aromatic nitrogens is 4. The molecule has 2 aromatic carbocycles. The molecule has 0 unspecified atom stereocenters. The predicted molar refractivity (Wildman–Crippen MR) is 99.6 cm³/mol. The molecule has 7 heteroatoms. The zero-order valence-electron chi connectivity index (χ0n) is 15.0. The fourth-order valence-corrected chi connectivity index (χ4v) is 3.05. The standard InChI is InChI=1S/C21H17F3N4/c1-20(21(22,23)24,18-12-14-27(25-18)16-8-4-2-5-9-16)19-13-15-28(26-19)17-10-6-3-7-11-17/h2-15H,1H3. The van der Waals surface area contributed by atoms with E-state index in [1.54, 1.807) is 48.5 Å². The van der Waals surface area contributed by atoms with Crippen molar-refractivity contribution in [2.75, 3.05) is 0 Å². The Morgan fingerprint density at radius 3 is 1.39 bits per heavy atom. The van der Waals surface area contributed by atoms with Crippen LogP contribution < -0.4 is 0 Å². The first-order valence-electron chi connectivity index (χ1n) is 8.69. The number of para-hydroxylation sites is 2. The summed E-state index contributed by atoms with van der Waals surface area (Å²) in [6.07, 6.45) is -1.51. The van der Waals surface area contributed by atoms with Crippen molar-refractivity contribution in [1.82, 2.24) is 19.6 Å². The lowest BCUT2D eigenvalue weighted by Crippen LogP contribution is -2.41. The third-order valence-corrected chi connectivity index (χ3v) is 4.81. The van der Waals surface area contributed by atoms with Crippen LogP contribution >= 0.6 is 0 Å². The van der Waals surface area contributed by atoms with Gasteiger partial charge in [0.2, 0.25) is 0 Å². The van der Waals surface area contributed by atoms with Gasteiger partial charge in [0.05, 0.1) is 22.8 Å². The normalized spacial score (nSPS) is 12.3. The van der Waals surface area contributed by atoms with Crippen molar-refractivity contribution in [2.45, 2.75) is 18.5 Å². The van der Waals surface area contributed by atoms with E-state index in [9.17, 15) is 13.2 Å². The number of halogens is 3. The number of hydrogen-bond acceptors (Lipinski definition) is 2. The average Bonchev–Trinajstić information content (AvgIpc) is 3.38. The predicted octanol–water partition coefficient (Wildman–Crippen LogP) is 4.93. The van der Waals surface area contributed by atoms with E-state index in [2.05, 4.69) is 10.2 Å². The second kappa shape index (κ2) is 6.67. The van der Waals surface area contributed by atoms with Gasteiger partial charge in [-0.25, -0.2) is 9.36 Å². The lowest BCUT2D eigenvalue weighted by atomic mass is 9.82.